The Hall–Kier alpha value is -3.43. The molecular formula is C24H20N2O. The van der Waals surface area contributed by atoms with E-state index in [1.165, 1.54) is 0 Å². The Labute approximate surface area is 158 Å². The maximum Gasteiger partial charge on any atom is 0.195 e. The van der Waals surface area contributed by atoms with Crippen molar-refractivity contribution < 1.29 is 4.79 Å². The number of nitrogens with two attached hydrogens (primary N) is 1. The van der Waals surface area contributed by atoms with Gasteiger partial charge in [0, 0.05) is 16.8 Å². The molecule has 0 aliphatic heterocycles. The average Bonchev–Trinajstić information content (AvgIpc) is 2.74. The lowest BCUT2D eigenvalue weighted by Crippen LogP contribution is -2.21. The van der Waals surface area contributed by atoms with Crippen LogP contribution in [0.1, 0.15) is 27.7 Å². The van der Waals surface area contributed by atoms with Gasteiger partial charge in [-0.1, -0.05) is 84.9 Å². The van der Waals surface area contributed by atoms with Crippen molar-refractivity contribution in [3.8, 4) is 0 Å². The second-order valence-electron chi connectivity index (χ2n) is 6.43. The van der Waals surface area contributed by atoms with Crippen LogP contribution in [-0.2, 0) is 0 Å². The molecule has 0 saturated heterocycles. The molecule has 1 atom stereocenters. The van der Waals surface area contributed by atoms with Crippen LogP contribution in [0.3, 0.4) is 0 Å². The molecule has 0 spiro atoms. The highest BCUT2D eigenvalue weighted by molar-refractivity contribution is 6.12. The number of fused-ring (bicyclic) bond motifs is 1. The van der Waals surface area contributed by atoms with Gasteiger partial charge in [0.25, 0.3) is 0 Å². The number of ketones is 1. The van der Waals surface area contributed by atoms with E-state index in [9.17, 15) is 4.79 Å². The number of nitrogens with one attached hydrogen (secondary N) is 1. The molecule has 0 fully saturated rings. The largest absolute Gasteiger partial charge is 0.366 e. The van der Waals surface area contributed by atoms with Gasteiger partial charge in [-0.25, -0.2) is 0 Å². The Balaban J connectivity index is 1.68. The van der Waals surface area contributed by atoms with Crippen LogP contribution in [0, 0.1) is 0 Å². The van der Waals surface area contributed by atoms with Crippen molar-refractivity contribution in [2.45, 2.75) is 6.17 Å². The summed E-state index contributed by atoms with van der Waals surface area (Å²) in [6.07, 6.45) is -0.430. The van der Waals surface area contributed by atoms with Crippen LogP contribution in [-0.4, -0.2) is 5.78 Å². The monoisotopic (exact) mass is 352 g/mol. The first-order valence-corrected chi connectivity index (χ1v) is 8.92. The van der Waals surface area contributed by atoms with Gasteiger partial charge in [0.2, 0.25) is 0 Å². The minimum atomic E-state index is -0.430. The average molecular weight is 352 g/mol. The molecule has 0 radical (unpaired) electrons. The molecule has 27 heavy (non-hydrogen) atoms. The fourth-order valence-electron chi connectivity index (χ4n) is 3.32. The van der Waals surface area contributed by atoms with Crippen molar-refractivity contribution in [3.05, 3.63) is 114 Å². The zero-order chi connectivity index (χ0) is 18.6. The summed E-state index contributed by atoms with van der Waals surface area (Å²) in [7, 11) is 0. The molecule has 0 amide bonds. The second-order valence-corrected chi connectivity index (χ2v) is 6.43. The smallest absolute Gasteiger partial charge is 0.195 e. The number of rotatable bonds is 5. The van der Waals surface area contributed by atoms with Gasteiger partial charge < -0.3 is 11.1 Å². The molecule has 0 aliphatic rings. The molecule has 0 saturated carbocycles. The van der Waals surface area contributed by atoms with Crippen molar-refractivity contribution in [1.29, 1.82) is 0 Å². The predicted octanol–water partition coefficient (Wildman–Crippen LogP) is 5.14. The Kier molecular flexibility index (Phi) is 4.69. The lowest BCUT2D eigenvalue weighted by atomic mass is 10.00. The Morgan fingerprint density at radius 3 is 2.26 bits per heavy atom. The summed E-state index contributed by atoms with van der Waals surface area (Å²) < 4.78 is 0. The summed E-state index contributed by atoms with van der Waals surface area (Å²) in [5, 5.41) is 5.57. The van der Waals surface area contributed by atoms with Crippen molar-refractivity contribution in [1.82, 2.24) is 0 Å². The van der Waals surface area contributed by atoms with Crippen LogP contribution in [0.2, 0.25) is 0 Å². The summed E-state index contributed by atoms with van der Waals surface area (Å²) in [5.74, 6) is -0.0242. The number of hydrogen-bond acceptors (Lipinski definition) is 3. The predicted molar refractivity (Wildman–Crippen MR) is 111 cm³/mol. The molecule has 132 valence electrons. The highest BCUT2D eigenvalue weighted by atomic mass is 16.1. The summed E-state index contributed by atoms with van der Waals surface area (Å²) in [5.41, 5.74) is 9.47. The van der Waals surface area contributed by atoms with E-state index >= 15 is 0 Å². The Morgan fingerprint density at radius 2 is 1.41 bits per heavy atom. The fourth-order valence-corrected chi connectivity index (χ4v) is 3.32. The summed E-state index contributed by atoms with van der Waals surface area (Å²) >= 11 is 0. The van der Waals surface area contributed by atoms with Gasteiger partial charge in [-0.05, 0) is 28.5 Å². The van der Waals surface area contributed by atoms with Crippen LogP contribution < -0.4 is 11.1 Å². The molecule has 0 bridgehead atoms. The van der Waals surface area contributed by atoms with Gasteiger partial charge in [0.15, 0.2) is 5.78 Å². The molecule has 1 unspecified atom stereocenters. The molecule has 0 heterocycles. The molecule has 0 aliphatic carbocycles. The number of para-hydroxylation sites is 1. The van der Waals surface area contributed by atoms with E-state index in [4.69, 9.17) is 5.73 Å². The summed E-state index contributed by atoms with van der Waals surface area (Å²) in [4.78, 5) is 12.9. The normalized spacial score (nSPS) is 11.9. The highest BCUT2D eigenvalue weighted by Crippen LogP contribution is 2.26. The van der Waals surface area contributed by atoms with Gasteiger partial charge >= 0.3 is 0 Å². The van der Waals surface area contributed by atoms with Crippen molar-refractivity contribution >= 4 is 22.2 Å². The minimum Gasteiger partial charge on any atom is -0.366 e. The second kappa shape index (κ2) is 7.44. The third-order valence-corrected chi connectivity index (χ3v) is 4.68. The number of benzene rings is 4. The third-order valence-electron chi connectivity index (χ3n) is 4.68. The lowest BCUT2D eigenvalue weighted by molar-refractivity contribution is 0.103. The van der Waals surface area contributed by atoms with Gasteiger partial charge in [-0.3, -0.25) is 4.79 Å². The number of hydrogen-bond donors (Lipinski definition) is 2. The van der Waals surface area contributed by atoms with Crippen LogP contribution in [0.15, 0.2) is 97.1 Å². The van der Waals surface area contributed by atoms with E-state index in [2.05, 4.69) is 23.5 Å². The molecule has 3 heteroatoms. The first-order valence-electron chi connectivity index (χ1n) is 8.92. The van der Waals surface area contributed by atoms with Crippen LogP contribution in [0.4, 0.5) is 5.69 Å². The van der Waals surface area contributed by atoms with E-state index in [0.717, 1.165) is 22.0 Å². The van der Waals surface area contributed by atoms with Gasteiger partial charge in [0.05, 0.1) is 0 Å². The maximum absolute atomic E-state index is 12.9. The fraction of sp³-hybridized carbons (Fsp3) is 0.0417. The van der Waals surface area contributed by atoms with Crippen LogP contribution in [0.25, 0.3) is 10.8 Å². The van der Waals surface area contributed by atoms with Crippen molar-refractivity contribution in [2.24, 2.45) is 5.73 Å². The molecule has 3 N–H and O–H groups in total. The minimum absolute atomic E-state index is 0.0242. The van der Waals surface area contributed by atoms with E-state index in [1.807, 2.05) is 78.9 Å². The molecular weight excluding hydrogens is 332 g/mol. The zero-order valence-electron chi connectivity index (χ0n) is 14.8. The Morgan fingerprint density at radius 1 is 0.741 bits per heavy atom. The van der Waals surface area contributed by atoms with Gasteiger partial charge in [-0.15, -0.1) is 0 Å². The summed E-state index contributed by atoms with van der Waals surface area (Å²) in [6.45, 7) is 0. The SMILES string of the molecule is NC(Nc1ccccc1C(=O)c1ccccc1)c1cccc2ccccc12. The van der Waals surface area contributed by atoms with Gasteiger partial charge in [-0.2, -0.15) is 0 Å². The number of anilines is 1. The van der Waals surface area contributed by atoms with E-state index in [0.29, 0.717) is 11.1 Å². The quantitative estimate of drug-likeness (QED) is 0.386. The lowest BCUT2D eigenvalue weighted by Gasteiger charge is -2.19. The zero-order valence-corrected chi connectivity index (χ0v) is 14.8. The first-order chi connectivity index (χ1) is 13.2. The molecule has 4 aromatic rings. The third kappa shape index (κ3) is 3.46. The van der Waals surface area contributed by atoms with E-state index in [-0.39, 0.29) is 5.78 Å². The molecule has 4 aromatic carbocycles. The molecule has 4 rings (SSSR count). The number of carbonyl (C=O) groups is 1. The molecule has 3 nitrogen and oxygen atoms in total. The molecule has 0 aromatic heterocycles. The standard InChI is InChI=1S/C24H20N2O/c25-24(20-15-8-12-17-9-4-5-13-19(17)20)26-22-16-7-6-14-21(22)23(27)18-10-2-1-3-11-18/h1-16,24,26H,25H2. The Bertz CT molecular complexity index is 1080. The number of carbonyl (C=O) groups excluding carboxylic acids is 1. The van der Waals surface area contributed by atoms with Crippen LogP contribution >= 0.6 is 0 Å². The topological polar surface area (TPSA) is 55.1 Å². The maximum atomic E-state index is 12.9. The summed E-state index contributed by atoms with van der Waals surface area (Å²) in [6, 6.07) is 31.0. The van der Waals surface area contributed by atoms with E-state index < -0.39 is 6.17 Å². The van der Waals surface area contributed by atoms with Crippen molar-refractivity contribution in [2.75, 3.05) is 5.32 Å². The van der Waals surface area contributed by atoms with E-state index in [1.54, 1.807) is 0 Å². The highest BCUT2D eigenvalue weighted by Gasteiger charge is 2.16. The van der Waals surface area contributed by atoms with Gasteiger partial charge in [0.1, 0.15) is 6.17 Å². The first kappa shape index (κ1) is 17.0. The van der Waals surface area contributed by atoms with Crippen LogP contribution in [0.5, 0.6) is 0 Å². The van der Waals surface area contributed by atoms with Crippen molar-refractivity contribution in [3.63, 3.8) is 0 Å².